The van der Waals surface area contributed by atoms with Gasteiger partial charge in [-0.05, 0) is 56.7 Å². The van der Waals surface area contributed by atoms with Gasteiger partial charge in [-0.3, -0.25) is 4.79 Å². The smallest absolute Gasteiger partial charge is 0.255 e. The molecule has 4 rings (SSSR count). The lowest BCUT2D eigenvalue weighted by Crippen LogP contribution is -2.35. The normalized spacial score (nSPS) is 18.6. The maximum atomic E-state index is 12.7. The summed E-state index contributed by atoms with van der Waals surface area (Å²) in [5.74, 6) is 2.38. The largest absolute Gasteiger partial charge is 0.493 e. The summed E-state index contributed by atoms with van der Waals surface area (Å²) in [5.41, 5.74) is 1.32. The van der Waals surface area contributed by atoms with Gasteiger partial charge >= 0.3 is 0 Å². The second-order valence-electron chi connectivity index (χ2n) is 7.09. The Morgan fingerprint density at radius 2 is 2.17 bits per heavy atom. The zero-order chi connectivity index (χ0) is 16.7. The SMILES string of the molecule is C[C@@H](CO)NC(=O)c1c(C2CC2)oc2ccc(OCC3CC3)cc12. The first-order valence-corrected chi connectivity index (χ1v) is 8.76. The van der Waals surface area contributed by atoms with Gasteiger partial charge in [-0.1, -0.05) is 0 Å². The molecule has 1 heterocycles. The highest BCUT2D eigenvalue weighted by molar-refractivity contribution is 6.08. The van der Waals surface area contributed by atoms with Crippen molar-refractivity contribution in [3.8, 4) is 5.75 Å². The Bertz CT molecular complexity index is 758. The molecule has 0 saturated heterocycles. The minimum atomic E-state index is -0.288. The number of ether oxygens (including phenoxy) is 1. The van der Waals surface area contributed by atoms with Crippen LogP contribution in [0.2, 0.25) is 0 Å². The highest BCUT2D eigenvalue weighted by Gasteiger charge is 2.34. The lowest BCUT2D eigenvalue weighted by Gasteiger charge is -2.11. The molecule has 0 radical (unpaired) electrons. The van der Waals surface area contributed by atoms with Crippen LogP contribution in [0.15, 0.2) is 22.6 Å². The average Bonchev–Trinajstić information content (AvgIpc) is 3.49. The Balaban J connectivity index is 1.68. The van der Waals surface area contributed by atoms with Crippen molar-refractivity contribution >= 4 is 16.9 Å². The summed E-state index contributed by atoms with van der Waals surface area (Å²) in [6.07, 6.45) is 4.60. The molecule has 2 aliphatic carbocycles. The molecule has 0 aliphatic heterocycles. The van der Waals surface area contributed by atoms with E-state index in [9.17, 15) is 9.90 Å². The van der Waals surface area contributed by atoms with Gasteiger partial charge in [-0.25, -0.2) is 0 Å². The summed E-state index contributed by atoms with van der Waals surface area (Å²) in [6.45, 7) is 2.43. The van der Waals surface area contributed by atoms with E-state index in [2.05, 4.69) is 5.32 Å². The van der Waals surface area contributed by atoms with Crippen molar-refractivity contribution in [2.45, 2.75) is 44.6 Å². The maximum absolute atomic E-state index is 12.7. The van der Waals surface area contributed by atoms with Gasteiger partial charge in [-0.2, -0.15) is 0 Å². The van der Waals surface area contributed by atoms with Crippen LogP contribution in [0, 0.1) is 5.92 Å². The molecule has 24 heavy (non-hydrogen) atoms. The van der Waals surface area contributed by atoms with E-state index in [4.69, 9.17) is 9.15 Å². The maximum Gasteiger partial charge on any atom is 0.255 e. The topological polar surface area (TPSA) is 71.7 Å². The first-order chi connectivity index (χ1) is 11.7. The zero-order valence-corrected chi connectivity index (χ0v) is 13.9. The molecule has 128 valence electrons. The number of aliphatic hydroxyl groups is 1. The van der Waals surface area contributed by atoms with Crippen LogP contribution in [0.4, 0.5) is 0 Å². The van der Waals surface area contributed by atoms with Crippen LogP contribution in [-0.2, 0) is 0 Å². The van der Waals surface area contributed by atoms with E-state index < -0.39 is 0 Å². The molecule has 1 atom stereocenters. The lowest BCUT2D eigenvalue weighted by molar-refractivity contribution is 0.0921. The summed E-state index contributed by atoms with van der Waals surface area (Å²) in [5, 5.41) is 12.8. The molecule has 0 unspecified atom stereocenters. The van der Waals surface area contributed by atoms with E-state index in [1.807, 2.05) is 18.2 Å². The predicted molar refractivity (Wildman–Crippen MR) is 90.4 cm³/mol. The highest BCUT2D eigenvalue weighted by atomic mass is 16.5. The summed E-state index contributed by atoms with van der Waals surface area (Å²) < 4.78 is 11.8. The Hall–Kier alpha value is -2.01. The Morgan fingerprint density at radius 3 is 2.83 bits per heavy atom. The van der Waals surface area contributed by atoms with E-state index in [-0.39, 0.29) is 18.6 Å². The number of benzene rings is 1. The fourth-order valence-electron chi connectivity index (χ4n) is 2.89. The van der Waals surface area contributed by atoms with Crippen molar-refractivity contribution in [3.63, 3.8) is 0 Å². The molecule has 1 aromatic carbocycles. The average molecular weight is 329 g/mol. The van der Waals surface area contributed by atoms with Gasteiger partial charge in [0.1, 0.15) is 17.1 Å². The quantitative estimate of drug-likeness (QED) is 0.818. The molecule has 0 spiro atoms. The number of fused-ring (bicyclic) bond motifs is 1. The lowest BCUT2D eigenvalue weighted by atomic mass is 10.1. The number of aliphatic hydroxyl groups excluding tert-OH is 1. The van der Waals surface area contributed by atoms with E-state index in [1.54, 1.807) is 6.92 Å². The molecule has 2 aliphatic rings. The van der Waals surface area contributed by atoms with Crippen molar-refractivity contribution in [3.05, 3.63) is 29.5 Å². The number of carbonyl (C=O) groups is 1. The number of carbonyl (C=O) groups excluding carboxylic acids is 1. The van der Waals surface area contributed by atoms with E-state index in [0.717, 1.165) is 41.9 Å². The van der Waals surface area contributed by atoms with Gasteiger partial charge in [0.2, 0.25) is 0 Å². The van der Waals surface area contributed by atoms with Gasteiger partial charge in [0.05, 0.1) is 18.8 Å². The number of rotatable bonds is 7. The third kappa shape index (κ3) is 3.13. The standard InChI is InChI=1S/C19H23NO4/c1-11(9-21)20-19(22)17-15-8-14(23-10-12-2-3-12)6-7-16(15)24-18(17)13-4-5-13/h6-8,11-13,21H,2-5,9-10H2,1H3,(H,20,22)/t11-/m0/s1. The molecular formula is C19H23NO4. The van der Waals surface area contributed by atoms with E-state index >= 15 is 0 Å². The first kappa shape index (κ1) is 15.5. The van der Waals surface area contributed by atoms with Crippen LogP contribution in [-0.4, -0.2) is 30.3 Å². The molecule has 2 saturated carbocycles. The van der Waals surface area contributed by atoms with Gasteiger partial charge in [-0.15, -0.1) is 0 Å². The van der Waals surface area contributed by atoms with Gasteiger partial charge in [0.25, 0.3) is 5.91 Å². The summed E-state index contributed by atoms with van der Waals surface area (Å²) >= 11 is 0. The van der Waals surface area contributed by atoms with Crippen molar-refractivity contribution in [1.82, 2.24) is 5.32 Å². The van der Waals surface area contributed by atoms with Crippen LogP contribution >= 0.6 is 0 Å². The predicted octanol–water partition coefficient (Wildman–Crippen LogP) is 3.21. The molecule has 2 aromatic rings. The van der Waals surface area contributed by atoms with Gasteiger partial charge in [0.15, 0.2) is 0 Å². The molecule has 1 aromatic heterocycles. The van der Waals surface area contributed by atoms with Crippen LogP contribution in [0.3, 0.4) is 0 Å². The minimum absolute atomic E-state index is 0.0873. The number of hydrogen-bond donors (Lipinski definition) is 2. The first-order valence-electron chi connectivity index (χ1n) is 8.76. The molecule has 2 N–H and O–H groups in total. The zero-order valence-electron chi connectivity index (χ0n) is 13.9. The van der Waals surface area contributed by atoms with Crippen molar-refractivity contribution in [2.24, 2.45) is 5.92 Å². The van der Waals surface area contributed by atoms with Gasteiger partial charge < -0.3 is 19.6 Å². The Labute approximate surface area is 141 Å². The third-order valence-electron chi connectivity index (χ3n) is 4.70. The molecule has 5 nitrogen and oxygen atoms in total. The van der Waals surface area contributed by atoms with E-state index in [1.165, 1.54) is 12.8 Å². The third-order valence-corrected chi connectivity index (χ3v) is 4.70. The number of amides is 1. The van der Waals surface area contributed by atoms with Crippen molar-refractivity contribution < 1.29 is 19.1 Å². The second-order valence-corrected chi connectivity index (χ2v) is 7.09. The van der Waals surface area contributed by atoms with Crippen LogP contribution in [0.1, 0.15) is 54.6 Å². The van der Waals surface area contributed by atoms with Crippen molar-refractivity contribution in [2.75, 3.05) is 13.2 Å². The molecule has 2 fully saturated rings. The van der Waals surface area contributed by atoms with Crippen LogP contribution < -0.4 is 10.1 Å². The second kappa shape index (κ2) is 6.13. The fraction of sp³-hybridized carbons (Fsp3) is 0.526. The monoisotopic (exact) mass is 329 g/mol. The molecule has 5 heteroatoms. The summed E-state index contributed by atoms with van der Waals surface area (Å²) in [7, 11) is 0. The molecule has 1 amide bonds. The molecular weight excluding hydrogens is 306 g/mol. The van der Waals surface area contributed by atoms with Crippen LogP contribution in [0.5, 0.6) is 5.75 Å². The molecule has 0 bridgehead atoms. The number of furan rings is 1. The highest BCUT2D eigenvalue weighted by Crippen LogP contribution is 2.45. The number of hydrogen-bond acceptors (Lipinski definition) is 4. The van der Waals surface area contributed by atoms with E-state index in [0.29, 0.717) is 17.4 Å². The summed E-state index contributed by atoms with van der Waals surface area (Å²) in [4.78, 5) is 12.7. The van der Waals surface area contributed by atoms with Crippen molar-refractivity contribution in [1.29, 1.82) is 0 Å². The van der Waals surface area contributed by atoms with Gasteiger partial charge in [0, 0.05) is 17.3 Å². The fourth-order valence-corrected chi connectivity index (χ4v) is 2.89. The van der Waals surface area contributed by atoms with Crippen LogP contribution in [0.25, 0.3) is 11.0 Å². The Morgan fingerprint density at radius 1 is 1.38 bits per heavy atom. The number of nitrogens with one attached hydrogen (secondary N) is 1. The summed E-state index contributed by atoms with van der Waals surface area (Å²) in [6, 6.07) is 5.41. The Kier molecular flexibility index (Phi) is 3.96. The minimum Gasteiger partial charge on any atom is -0.493 e.